The van der Waals surface area contributed by atoms with E-state index in [1.807, 2.05) is 32.9 Å². The second-order valence-electron chi connectivity index (χ2n) is 7.23. The van der Waals surface area contributed by atoms with Crippen molar-refractivity contribution in [2.24, 2.45) is 0 Å². The van der Waals surface area contributed by atoms with Crippen molar-refractivity contribution in [1.29, 1.82) is 0 Å². The molecule has 0 aromatic heterocycles. The fourth-order valence-corrected chi connectivity index (χ4v) is 3.85. The number of rotatable bonds is 12. The molecular formula is C22H33NO4S. The number of unbranched alkanes of at least 4 members (excludes halogenated alkanes) is 5. The maximum atomic E-state index is 12.7. The first-order valence-corrected chi connectivity index (χ1v) is 11.0. The molecule has 28 heavy (non-hydrogen) atoms. The minimum absolute atomic E-state index is 0.00296. The van der Waals surface area contributed by atoms with E-state index in [2.05, 4.69) is 6.92 Å². The minimum Gasteiger partial charge on any atom is -0.480 e. The molecule has 0 heterocycles. The predicted molar refractivity (Wildman–Crippen MR) is 116 cm³/mol. The molecule has 1 amide bonds. The first-order valence-electron chi connectivity index (χ1n) is 10.0. The Morgan fingerprint density at radius 3 is 2.21 bits per heavy atom. The summed E-state index contributed by atoms with van der Waals surface area (Å²) in [6, 6.07) is 3.84. The second-order valence-corrected chi connectivity index (χ2v) is 8.26. The van der Waals surface area contributed by atoms with Crippen molar-refractivity contribution in [3.63, 3.8) is 0 Å². The number of benzene rings is 1. The van der Waals surface area contributed by atoms with E-state index in [1.54, 1.807) is 0 Å². The lowest BCUT2D eigenvalue weighted by molar-refractivity contribution is -0.136. The summed E-state index contributed by atoms with van der Waals surface area (Å²) in [5.41, 5.74) is 3.37. The van der Waals surface area contributed by atoms with Gasteiger partial charge in [-0.25, -0.2) is 0 Å². The molecule has 1 aromatic carbocycles. The molecule has 0 fully saturated rings. The van der Waals surface area contributed by atoms with Crippen LogP contribution in [-0.4, -0.2) is 34.4 Å². The minimum atomic E-state index is -1.07. The maximum absolute atomic E-state index is 12.7. The van der Waals surface area contributed by atoms with Crippen LogP contribution < -0.4 is 4.90 Å². The Morgan fingerprint density at radius 2 is 1.57 bits per heavy atom. The van der Waals surface area contributed by atoms with Gasteiger partial charge in [0.25, 0.3) is 0 Å². The molecule has 0 aliphatic heterocycles. The van der Waals surface area contributed by atoms with Crippen LogP contribution in [0.1, 0.15) is 68.6 Å². The molecule has 0 saturated heterocycles. The molecule has 5 nitrogen and oxygen atoms in total. The summed E-state index contributed by atoms with van der Waals surface area (Å²) in [5.74, 6) is -1.45. The molecule has 156 valence electrons. The largest absolute Gasteiger partial charge is 0.480 e. The predicted octanol–water partition coefficient (Wildman–Crippen LogP) is 5.04. The number of carbonyl (C=O) groups is 3. The number of amides is 1. The lowest BCUT2D eigenvalue weighted by Crippen LogP contribution is -2.38. The third-order valence-corrected chi connectivity index (χ3v) is 5.78. The Hall–Kier alpha value is -1.82. The van der Waals surface area contributed by atoms with Crippen LogP contribution in [-0.2, 0) is 14.4 Å². The highest BCUT2D eigenvalue weighted by Crippen LogP contribution is 2.28. The van der Waals surface area contributed by atoms with E-state index in [9.17, 15) is 19.5 Å². The zero-order chi connectivity index (χ0) is 21.1. The van der Waals surface area contributed by atoms with Gasteiger partial charge in [0, 0.05) is 6.42 Å². The molecule has 0 unspecified atom stereocenters. The average molecular weight is 408 g/mol. The maximum Gasteiger partial charge on any atom is 0.323 e. The molecular weight excluding hydrogens is 374 g/mol. The monoisotopic (exact) mass is 407 g/mol. The molecule has 0 saturated carbocycles. The van der Waals surface area contributed by atoms with E-state index < -0.39 is 12.5 Å². The molecule has 0 aliphatic rings. The SMILES string of the molecule is CCCCCCCCC(=O)SCC(=O)N(CC(=O)O)c1c(C)ccc(C)c1C. The van der Waals surface area contributed by atoms with Crippen molar-refractivity contribution in [2.45, 2.75) is 72.6 Å². The van der Waals surface area contributed by atoms with Crippen LogP contribution in [0, 0.1) is 20.8 Å². The van der Waals surface area contributed by atoms with Crippen LogP contribution in [0.25, 0.3) is 0 Å². The molecule has 1 aromatic rings. The summed E-state index contributed by atoms with van der Waals surface area (Å²) in [4.78, 5) is 37.4. The summed E-state index contributed by atoms with van der Waals surface area (Å²) < 4.78 is 0. The highest BCUT2D eigenvalue weighted by molar-refractivity contribution is 8.14. The number of aryl methyl sites for hydroxylation is 2. The number of aliphatic carboxylic acids is 1. The van der Waals surface area contributed by atoms with Gasteiger partial charge in [-0.2, -0.15) is 0 Å². The number of nitrogens with zero attached hydrogens (tertiary/aromatic N) is 1. The van der Waals surface area contributed by atoms with E-state index >= 15 is 0 Å². The number of anilines is 1. The average Bonchev–Trinajstić information content (AvgIpc) is 2.64. The van der Waals surface area contributed by atoms with Crippen LogP contribution in [0.15, 0.2) is 12.1 Å². The van der Waals surface area contributed by atoms with Crippen molar-refractivity contribution < 1.29 is 19.5 Å². The van der Waals surface area contributed by atoms with Gasteiger partial charge in [-0.1, -0.05) is 62.9 Å². The topological polar surface area (TPSA) is 74.7 Å². The number of carboxylic acid groups (broad SMARTS) is 1. The fourth-order valence-electron chi connectivity index (χ4n) is 3.12. The normalized spacial score (nSPS) is 10.7. The Labute approximate surface area is 172 Å². The molecule has 6 heteroatoms. The molecule has 1 N–H and O–H groups in total. The molecule has 0 atom stereocenters. The summed E-state index contributed by atoms with van der Waals surface area (Å²) >= 11 is 0.996. The van der Waals surface area contributed by atoms with Crippen molar-refractivity contribution >= 4 is 34.4 Å². The van der Waals surface area contributed by atoms with Crippen LogP contribution in [0.5, 0.6) is 0 Å². The van der Waals surface area contributed by atoms with E-state index in [-0.39, 0.29) is 16.8 Å². The lowest BCUT2D eigenvalue weighted by atomic mass is 10.0. The van der Waals surface area contributed by atoms with Crippen LogP contribution in [0.4, 0.5) is 5.69 Å². The van der Waals surface area contributed by atoms with Gasteiger partial charge in [-0.05, 0) is 43.9 Å². The summed E-state index contributed by atoms with van der Waals surface area (Å²) in [6.45, 7) is 7.44. The fraction of sp³-hybridized carbons (Fsp3) is 0.591. The van der Waals surface area contributed by atoms with Crippen molar-refractivity contribution in [3.8, 4) is 0 Å². The van der Waals surface area contributed by atoms with Gasteiger partial charge in [0.1, 0.15) is 6.54 Å². The Kier molecular flexibility index (Phi) is 10.9. The van der Waals surface area contributed by atoms with Gasteiger partial charge in [0.2, 0.25) is 5.91 Å². The van der Waals surface area contributed by atoms with Crippen molar-refractivity contribution in [3.05, 3.63) is 28.8 Å². The van der Waals surface area contributed by atoms with Crippen LogP contribution in [0.3, 0.4) is 0 Å². The van der Waals surface area contributed by atoms with Crippen LogP contribution >= 0.6 is 11.8 Å². The third-order valence-electron chi connectivity index (χ3n) is 4.86. The smallest absolute Gasteiger partial charge is 0.323 e. The van der Waals surface area contributed by atoms with E-state index in [0.717, 1.165) is 47.7 Å². The van der Waals surface area contributed by atoms with E-state index in [4.69, 9.17) is 0 Å². The van der Waals surface area contributed by atoms with Crippen LogP contribution in [0.2, 0.25) is 0 Å². The molecule has 1 rings (SSSR count). The van der Waals surface area contributed by atoms with Gasteiger partial charge in [-0.15, -0.1) is 0 Å². The first kappa shape index (κ1) is 24.2. The lowest BCUT2D eigenvalue weighted by Gasteiger charge is -2.25. The van der Waals surface area contributed by atoms with Gasteiger partial charge in [0.15, 0.2) is 5.12 Å². The van der Waals surface area contributed by atoms with Gasteiger partial charge in [0.05, 0.1) is 11.4 Å². The quantitative estimate of drug-likeness (QED) is 0.491. The zero-order valence-corrected chi connectivity index (χ0v) is 18.4. The van der Waals surface area contributed by atoms with Gasteiger partial charge in [-0.3, -0.25) is 19.3 Å². The molecule has 0 radical (unpaired) electrons. The highest BCUT2D eigenvalue weighted by atomic mass is 32.2. The van der Waals surface area contributed by atoms with E-state index in [1.165, 1.54) is 24.2 Å². The standard InChI is InChI=1S/C22H33NO4S/c1-5-6-7-8-9-10-11-21(27)28-15-19(24)23(14-20(25)26)22-17(3)13-12-16(2)18(22)4/h12-13H,5-11,14-15H2,1-4H3,(H,25,26). The number of hydrogen-bond acceptors (Lipinski definition) is 4. The molecule has 0 aliphatic carbocycles. The number of thioether (sulfide) groups is 1. The summed E-state index contributed by atoms with van der Waals surface area (Å²) in [5, 5.41) is 9.26. The molecule has 0 spiro atoms. The third kappa shape index (κ3) is 8.05. The Bertz CT molecular complexity index is 687. The van der Waals surface area contributed by atoms with Crippen molar-refractivity contribution in [1.82, 2.24) is 0 Å². The zero-order valence-electron chi connectivity index (χ0n) is 17.5. The van der Waals surface area contributed by atoms with Crippen molar-refractivity contribution in [2.75, 3.05) is 17.2 Å². The Morgan fingerprint density at radius 1 is 0.964 bits per heavy atom. The van der Waals surface area contributed by atoms with Gasteiger partial charge < -0.3 is 5.11 Å². The number of hydrogen-bond donors (Lipinski definition) is 1. The highest BCUT2D eigenvalue weighted by Gasteiger charge is 2.23. The number of carboxylic acids is 1. The summed E-state index contributed by atoms with van der Waals surface area (Å²) in [6.07, 6.45) is 7.12. The second kappa shape index (κ2) is 12.6. The number of carbonyl (C=O) groups excluding carboxylic acids is 2. The summed E-state index contributed by atoms with van der Waals surface area (Å²) in [7, 11) is 0. The Balaban J connectivity index is 2.66. The molecule has 0 bridgehead atoms. The van der Waals surface area contributed by atoms with E-state index in [0.29, 0.717) is 12.1 Å². The van der Waals surface area contributed by atoms with Gasteiger partial charge >= 0.3 is 5.97 Å². The first-order chi connectivity index (χ1) is 13.3.